The van der Waals surface area contributed by atoms with Gasteiger partial charge in [0, 0.05) is 24.0 Å². The van der Waals surface area contributed by atoms with Crippen LogP contribution in [0.15, 0.2) is 55.0 Å². The fourth-order valence-electron chi connectivity index (χ4n) is 2.55. The number of anilines is 2. The quantitative estimate of drug-likeness (QED) is 0.593. The number of hydrogen-bond donors (Lipinski definition) is 1. The van der Waals surface area contributed by atoms with E-state index in [0.29, 0.717) is 17.6 Å². The second-order valence-electron chi connectivity index (χ2n) is 5.41. The van der Waals surface area contributed by atoms with Crippen LogP contribution in [0.5, 0.6) is 11.8 Å². The molecule has 26 heavy (non-hydrogen) atoms. The Morgan fingerprint density at radius 2 is 1.85 bits per heavy atom. The molecular weight excluding hydrogens is 332 g/mol. The van der Waals surface area contributed by atoms with E-state index >= 15 is 0 Å². The number of fused-ring (bicyclic) bond motifs is 1. The maximum absolute atomic E-state index is 5.28. The standard InChI is InChI=1S/C18H16N6O2/c1-25-17-8-5-12(10-21-17)13-6-7-15-20-11-16(24(15)23-13)22-14-4-3-9-19-18(14)26-2/h3-11,22H,1-2H3. The number of nitrogens with zero attached hydrogens (tertiary/aromatic N) is 5. The molecule has 0 aliphatic rings. The van der Waals surface area contributed by atoms with E-state index in [1.807, 2.05) is 30.3 Å². The topological polar surface area (TPSA) is 86.5 Å². The molecule has 0 unspecified atom stereocenters. The molecule has 0 saturated carbocycles. The second kappa shape index (κ2) is 6.67. The molecule has 130 valence electrons. The zero-order valence-corrected chi connectivity index (χ0v) is 14.2. The lowest BCUT2D eigenvalue weighted by Gasteiger charge is -2.09. The third-order valence-corrected chi connectivity index (χ3v) is 3.83. The first-order valence-corrected chi connectivity index (χ1v) is 7.90. The average Bonchev–Trinajstić information content (AvgIpc) is 3.10. The summed E-state index contributed by atoms with van der Waals surface area (Å²) in [5, 5.41) is 7.92. The fourth-order valence-corrected chi connectivity index (χ4v) is 2.55. The Morgan fingerprint density at radius 1 is 0.923 bits per heavy atom. The molecule has 0 atom stereocenters. The number of nitrogens with one attached hydrogen (secondary N) is 1. The van der Waals surface area contributed by atoms with Crippen molar-refractivity contribution in [3.05, 3.63) is 55.0 Å². The van der Waals surface area contributed by atoms with Crippen LogP contribution in [0.2, 0.25) is 0 Å². The van der Waals surface area contributed by atoms with Crippen LogP contribution in [0, 0.1) is 0 Å². The molecule has 0 radical (unpaired) electrons. The van der Waals surface area contributed by atoms with E-state index < -0.39 is 0 Å². The van der Waals surface area contributed by atoms with Gasteiger partial charge in [-0.3, -0.25) is 0 Å². The molecular formula is C18H16N6O2. The normalized spacial score (nSPS) is 10.7. The Morgan fingerprint density at radius 3 is 2.62 bits per heavy atom. The van der Waals surface area contributed by atoms with Crippen molar-refractivity contribution in [2.75, 3.05) is 19.5 Å². The molecule has 0 aromatic carbocycles. The van der Waals surface area contributed by atoms with Crippen LogP contribution in [0.1, 0.15) is 0 Å². The first kappa shape index (κ1) is 15.8. The first-order chi connectivity index (χ1) is 12.8. The molecule has 0 saturated heterocycles. The van der Waals surface area contributed by atoms with Crippen molar-refractivity contribution in [2.24, 2.45) is 0 Å². The van der Waals surface area contributed by atoms with Crippen molar-refractivity contribution in [1.82, 2.24) is 24.6 Å². The maximum Gasteiger partial charge on any atom is 0.237 e. The van der Waals surface area contributed by atoms with E-state index in [4.69, 9.17) is 9.47 Å². The van der Waals surface area contributed by atoms with E-state index in [-0.39, 0.29) is 0 Å². The Balaban J connectivity index is 1.72. The molecule has 0 aliphatic heterocycles. The molecule has 0 amide bonds. The Bertz CT molecular complexity index is 1050. The highest BCUT2D eigenvalue weighted by molar-refractivity contribution is 5.65. The molecule has 4 rings (SSSR count). The molecule has 0 bridgehead atoms. The van der Waals surface area contributed by atoms with Crippen LogP contribution >= 0.6 is 0 Å². The zero-order valence-electron chi connectivity index (χ0n) is 14.2. The predicted molar refractivity (Wildman–Crippen MR) is 96.8 cm³/mol. The molecule has 4 heterocycles. The number of hydrogen-bond acceptors (Lipinski definition) is 7. The lowest BCUT2D eigenvalue weighted by Crippen LogP contribution is -2.02. The summed E-state index contributed by atoms with van der Waals surface area (Å²) in [6.45, 7) is 0. The number of rotatable bonds is 5. The van der Waals surface area contributed by atoms with Gasteiger partial charge in [-0.2, -0.15) is 9.61 Å². The number of imidazole rings is 1. The largest absolute Gasteiger partial charge is 0.481 e. The van der Waals surface area contributed by atoms with Crippen LogP contribution in [-0.4, -0.2) is 38.8 Å². The SMILES string of the molecule is COc1ccc(-c2ccc3ncc(Nc4cccnc4OC)n3n2)cn1. The highest BCUT2D eigenvalue weighted by Crippen LogP contribution is 2.26. The maximum atomic E-state index is 5.28. The van der Waals surface area contributed by atoms with Crippen LogP contribution in [-0.2, 0) is 0 Å². The third-order valence-electron chi connectivity index (χ3n) is 3.83. The van der Waals surface area contributed by atoms with E-state index in [0.717, 1.165) is 22.6 Å². The fraction of sp³-hybridized carbons (Fsp3) is 0.111. The Hall–Kier alpha value is -3.68. The van der Waals surface area contributed by atoms with Crippen LogP contribution < -0.4 is 14.8 Å². The minimum Gasteiger partial charge on any atom is -0.481 e. The smallest absolute Gasteiger partial charge is 0.237 e. The summed E-state index contributed by atoms with van der Waals surface area (Å²) in [5.74, 6) is 1.76. The summed E-state index contributed by atoms with van der Waals surface area (Å²) in [6.07, 6.45) is 5.11. The lowest BCUT2D eigenvalue weighted by molar-refractivity contribution is 0.398. The zero-order chi connectivity index (χ0) is 17.9. The van der Waals surface area contributed by atoms with E-state index in [1.165, 1.54) is 0 Å². The molecule has 8 nitrogen and oxygen atoms in total. The molecule has 1 N–H and O–H groups in total. The number of ether oxygens (including phenoxy) is 2. The van der Waals surface area contributed by atoms with Gasteiger partial charge in [0.25, 0.3) is 0 Å². The molecule has 0 aliphatic carbocycles. The average molecular weight is 348 g/mol. The molecule has 8 heteroatoms. The second-order valence-corrected chi connectivity index (χ2v) is 5.41. The summed E-state index contributed by atoms with van der Waals surface area (Å²) >= 11 is 0. The lowest BCUT2D eigenvalue weighted by atomic mass is 10.2. The Kier molecular flexibility index (Phi) is 4.06. The minimum atomic E-state index is 0.498. The molecule has 4 aromatic heterocycles. The minimum absolute atomic E-state index is 0.498. The highest BCUT2D eigenvalue weighted by Gasteiger charge is 2.10. The molecule has 0 fully saturated rings. The van der Waals surface area contributed by atoms with Crippen LogP contribution in [0.25, 0.3) is 16.9 Å². The van der Waals surface area contributed by atoms with Gasteiger partial charge in [0.15, 0.2) is 11.5 Å². The van der Waals surface area contributed by atoms with Crippen molar-refractivity contribution in [3.63, 3.8) is 0 Å². The van der Waals surface area contributed by atoms with Gasteiger partial charge in [-0.25, -0.2) is 15.0 Å². The van der Waals surface area contributed by atoms with Gasteiger partial charge in [-0.05, 0) is 30.3 Å². The van der Waals surface area contributed by atoms with Crippen molar-refractivity contribution in [3.8, 4) is 23.0 Å². The van der Waals surface area contributed by atoms with E-state index in [2.05, 4.69) is 25.4 Å². The highest BCUT2D eigenvalue weighted by atomic mass is 16.5. The van der Waals surface area contributed by atoms with Crippen molar-refractivity contribution >= 4 is 17.2 Å². The number of methoxy groups -OCH3 is 2. The van der Waals surface area contributed by atoms with Gasteiger partial charge in [0.05, 0.1) is 26.1 Å². The van der Waals surface area contributed by atoms with Crippen molar-refractivity contribution < 1.29 is 9.47 Å². The van der Waals surface area contributed by atoms with Crippen LogP contribution in [0.4, 0.5) is 11.5 Å². The predicted octanol–water partition coefficient (Wildman–Crippen LogP) is 2.95. The van der Waals surface area contributed by atoms with Gasteiger partial charge >= 0.3 is 0 Å². The molecule has 4 aromatic rings. The van der Waals surface area contributed by atoms with Crippen molar-refractivity contribution in [1.29, 1.82) is 0 Å². The van der Waals surface area contributed by atoms with Gasteiger partial charge in [-0.1, -0.05) is 0 Å². The summed E-state index contributed by atoms with van der Waals surface area (Å²) in [4.78, 5) is 12.8. The third kappa shape index (κ3) is 2.88. The first-order valence-electron chi connectivity index (χ1n) is 7.90. The summed E-state index contributed by atoms with van der Waals surface area (Å²) in [6, 6.07) is 11.2. The monoisotopic (exact) mass is 348 g/mol. The van der Waals surface area contributed by atoms with Gasteiger partial charge in [0.1, 0.15) is 5.69 Å². The van der Waals surface area contributed by atoms with E-state index in [9.17, 15) is 0 Å². The summed E-state index contributed by atoms with van der Waals surface area (Å²) in [5.41, 5.74) is 3.11. The summed E-state index contributed by atoms with van der Waals surface area (Å²) < 4.78 is 12.1. The van der Waals surface area contributed by atoms with Gasteiger partial charge < -0.3 is 14.8 Å². The van der Waals surface area contributed by atoms with Gasteiger partial charge in [-0.15, -0.1) is 0 Å². The molecule has 0 spiro atoms. The van der Waals surface area contributed by atoms with E-state index in [1.54, 1.807) is 43.4 Å². The number of aromatic nitrogens is 5. The van der Waals surface area contributed by atoms with Crippen LogP contribution in [0.3, 0.4) is 0 Å². The van der Waals surface area contributed by atoms with Gasteiger partial charge in [0.2, 0.25) is 11.8 Å². The number of pyridine rings is 2. The summed E-state index contributed by atoms with van der Waals surface area (Å²) in [7, 11) is 3.16. The van der Waals surface area contributed by atoms with Crippen molar-refractivity contribution in [2.45, 2.75) is 0 Å². The Labute approximate surface area is 149 Å².